The summed E-state index contributed by atoms with van der Waals surface area (Å²) in [4.78, 5) is 0. The molecule has 0 aromatic heterocycles. The molecule has 2 N–H and O–H groups in total. The lowest BCUT2D eigenvalue weighted by molar-refractivity contribution is 0.0188. The van der Waals surface area contributed by atoms with E-state index in [4.69, 9.17) is 4.55 Å². The Balaban J connectivity index is 2.69. The molecule has 0 fully saturated rings. The fourth-order valence-electron chi connectivity index (χ4n) is 1.55. The second kappa shape index (κ2) is 6.02. The molecule has 1 rings (SSSR count). The molecule has 0 bridgehead atoms. The van der Waals surface area contributed by atoms with Crippen LogP contribution in [0.5, 0.6) is 0 Å². The molecule has 0 amide bonds. The first-order valence-corrected chi connectivity index (χ1v) is 6.86. The predicted molar refractivity (Wildman–Crippen MR) is 68.0 cm³/mol. The fraction of sp³-hybridized carbons (Fsp3) is 0.500. The van der Waals surface area contributed by atoms with Crippen molar-refractivity contribution in [1.82, 2.24) is 5.32 Å². The third-order valence-electron chi connectivity index (χ3n) is 2.69. The average molecular weight is 295 g/mol. The highest BCUT2D eigenvalue weighted by Gasteiger charge is 2.34. The topological polar surface area (TPSA) is 49.3 Å². The molecule has 19 heavy (non-hydrogen) atoms. The first-order chi connectivity index (χ1) is 8.62. The van der Waals surface area contributed by atoms with Crippen LogP contribution in [0.1, 0.15) is 19.4 Å². The second-order valence-corrected chi connectivity index (χ2v) is 5.74. The van der Waals surface area contributed by atoms with Crippen LogP contribution in [0, 0.1) is 5.82 Å². The Hall–Kier alpha value is -0.920. The number of alkyl halides is 2. The van der Waals surface area contributed by atoms with Gasteiger partial charge in [0.15, 0.2) is 11.1 Å². The summed E-state index contributed by atoms with van der Waals surface area (Å²) in [5.74, 6) is -4.79. The van der Waals surface area contributed by atoms with E-state index in [0.717, 1.165) is 0 Å². The Morgan fingerprint density at radius 1 is 1.26 bits per heavy atom. The summed E-state index contributed by atoms with van der Waals surface area (Å²) < 4.78 is 58.3. The van der Waals surface area contributed by atoms with Crippen LogP contribution in [-0.4, -0.2) is 27.0 Å². The molecule has 1 aromatic rings. The average Bonchev–Trinajstić information content (AvgIpc) is 2.26. The Bertz CT molecular complexity index is 449. The molecule has 0 aliphatic rings. The van der Waals surface area contributed by atoms with Gasteiger partial charge in [-0.1, -0.05) is 12.1 Å². The Labute approximate surface area is 112 Å². The highest BCUT2D eigenvalue weighted by atomic mass is 32.2. The van der Waals surface area contributed by atoms with Crippen molar-refractivity contribution in [1.29, 1.82) is 0 Å². The standard InChI is InChI=1S/C12H16F3NO2S/c1-11(2,9-3-5-10(13)6-4-9)16-7-12(14,15)8-19(17)18/h3-6,16H,7-8H2,1-2H3,(H,17,18). The van der Waals surface area contributed by atoms with Gasteiger partial charge in [-0.05, 0) is 31.5 Å². The van der Waals surface area contributed by atoms with Crippen LogP contribution < -0.4 is 5.32 Å². The van der Waals surface area contributed by atoms with Gasteiger partial charge in [-0.15, -0.1) is 0 Å². The van der Waals surface area contributed by atoms with Gasteiger partial charge >= 0.3 is 0 Å². The van der Waals surface area contributed by atoms with Crippen molar-refractivity contribution in [3.05, 3.63) is 35.6 Å². The zero-order valence-corrected chi connectivity index (χ0v) is 11.4. The summed E-state index contributed by atoms with van der Waals surface area (Å²) in [7, 11) is 0. The SMILES string of the molecule is CC(C)(NCC(F)(F)CS(=O)O)c1ccc(F)cc1. The third-order valence-corrected chi connectivity index (χ3v) is 3.36. The summed E-state index contributed by atoms with van der Waals surface area (Å²) >= 11 is -2.55. The van der Waals surface area contributed by atoms with Gasteiger partial charge in [0.1, 0.15) is 11.6 Å². The van der Waals surface area contributed by atoms with Gasteiger partial charge in [-0.25, -0.2) is 17.4 Å². The maximum atomic E-state index is 13.3. The van der Waals surface area contributed by atoms with Crippen molar-refractivity contribution in [3.8, 4) is 0 Å². The van der Waals surface area contributed by atoms with Gasteiger partial charge < -0.3 is 9.87 Å². The van der Waals surface area contributed by atoms with Gasteiger partial charge in [0.05, 0.1) is 6.54 Å². The molecule has 0 aliphatic heterocycles. The van der Waals surface area contributed by atoms with E-state index in [0.29, 0.717) is 5.56 Å². The van der Waals surface area contributed by atoms with E-state index in [-0.39, 0.29) is 0 Å². The summed E-state index contributed by atoms with van der Waals surface area (Å²) in [6.07, 6.45) is 0. The lowest BCUT2D eigenvalue weighted by atomic mass is 9.94. The molecule has 0 saturated carbocycles. The molecule has 3 nitrogen and oxygen atoms in total. The fourth-order valence-corrected chi connectivity index (χ4v) is 2.01. The van der Waals surface area contributed by atoms with Crippen LogP contribution in [0.25, 0.3) is 0 Å². The maximum Gasteiger partial charge on any atom is 0.273 e. The van der Waals surface area contributed by atoms with Crippen LogP contribution in [0.2, 0.25) is 0 Å². The minimum Gasteiger partial charge on any atom is -0.306 e. The normalized spacial score (nSPS) is 14.4. The van der Waals surface area contributed by atoms with Crippen molar-refractivity contribution in [2.45, 2.75) is 25.3 Å². The van der Waals surface area contributed by atoms with Crippen LogP contribution in [0.3, 0.4) is 0 Å². The molecule has 1 atom stereocenters. The summed E-state index contributed by atoms with van der Waals surface area (Å²) in [6, 6.07) is 5.51. The van der Waals surface area contributed by atoms with E-state index in [1.165, 1.54) is 24.3 Å². The molecule has 0 spiro atoms. The molecule has 0 aliphatic carbocycles. The molecule has 7 heteroatoms. The van der Waals surface area contributed by atoms with Crippen molar-refractivity contribution in [3.63, 3.8) is 0 Å². The Morgan fingerprint density at radius 2 is 1.79 bits per heavy atom. The van der Waals surface area contributed by atoms with Crippen molar-refractivity contribution >= 4 is 11.1 Å². The number of nitrogens with one attached hydrogen (secondary N) is 1. The Kier molecular flexibility index (Phi) is 5.11. The zero-order valence-electron chi connectivity index (χ0n) is 10.6. The second-order valence-electron chi connectivity index (χ2n) is 4.81. The van der Waals surface area contributed by atoms with Gasteiger partial charge in [-0.2, -0.15) is 0 Å². The molecule has 108 valence electrons. The molecular weight excluding hydrogens is 279 g/mol. The lowest BCUT2D eigenvalue weighted by Gasteiger charge is -2.29. The quantitative estimate of drug-likeness (QED) is 0.793. The van der Waals surface area contributed by atoms with E-state index < -0.39 is 40.7 Å². The minimum absolute atomic E-state index is 0.402. The number of hydrogen-bond donors (Lipinski definition) is 2. The van der Waals surface area contributed by atoms with Crippen molar-refractivity contribution in [2.24, 2.45) is 0 Å². The molecule has 0 saturated heterocycles. The van der Waals surface area contributed by atoms with Crippen molar-refractivity contribution < 1.29 is 21.9 Å². The van der Waals surface area contributed by atoms with Crippen LogP contribution in [-0.2, 0) is 16.6 Å². The molecular formula is C12H16F3NO2S. The minimum atomic E-state index is -3.28. The monoisotopic (exact) mass is 295 g/mol. The first kappa shape index (κ1) is 16.1. The zero-order chi connectivity index (χ0) is 14.7. The molecule has 0 heterocycles. The number of rotatable bonds is 6. The lowest BCUT2D eigenvalue weighted by Crippen LogP contribution is -2.45. The number of halogens is 3. The smallest absolute Gasteiger partial charge is 0.273 e. The molecule has 0 radical (unpaired) electrons. The van der Waals surface area contributed by atoms with Crippen molar-refractivity contribution in [2.75, 3.05) is 12.3 Å². The highest BCUT2D eigenvalue weighted by Crippen LogP contribution is 2.22. The van der Waals surface area contributed by atoms with E-state index in [1.807, 2.05) is 0 Å². The first-order valence-electron chi connectivity index (χ1n) is 5.59. The molecule has 1 unspecified atom stereocenters. The van der Waals surface area contributed by atoms with E-state index in [2.05, 4.69) is 5.32 Å². The Morgan fingerprint density at radius 3 is 2.26 bits per heavy atom. The van der Waals surface area contributed by atoms with E-state index in [9.17, 15) is 17.4 Å². The number of hydrogen-bond acceptors (Lipinski definition) is 2. The van der Waals surface area contributed by atoms with Crippen LogP contribution in [0.4, 0.5) is 13.2 Å². The van der Waals surface area contributed by atoms with Crippen LogP contribution in [0.15, 0.2) is 24.3 Å². The van der Waals surface area contributed by atoms with E-state index in [1.54, 1.807) is 13.8 Å². The van der Waals surface area contributed by atoms with Crippen LogP contribution >= 0.6 is 0 Å². The van der Waals surface area contributed by atoms with Gasteiger partial charge in [-0.3, -0.25) is 0 Å². The number of benzene rings is 1. The third kappa shape index (κ3) is 5.30. The maximum absolute atomic E-state index is 13.3. The van der Waals surface area contributed by atoms with Gasteiger partial charge in [0.25, 0.3) is 5.92 Å². The van der Waals surface area contributed by atoms with E-state index >= 15 is 0 Å². The summed E-state index contributed by atoms with van der Waals surface area (Å²) in [5, 5.41) is 2.62. The van der Waals surface area contributed by atoms with Gasteiger partial charge in [0.2, 0.25) is 0 Å². The molecule has 1 aromatic carbocycles. The summed E-state index contributed by atoms with van der Waals surface area (Å²) in [5.41, 5.74) is -0.150. The predicted octanol–water partition coefficient (Wildman–Crippen LogP) is 2.51. The van der Waals surface area contributed by atoms with Gasteiger partial charge in [0, 0.05) is 5.54 Å². The largest absolute Gasteiger partial charge is 0.306 e. The summed E-state index contributed by atoms with van der Waals surface area (Å²) in [6.45, 7) is 2.61. The highest BCUT2D eigenvalue weighted by molar-refractivity contribution is 7.79.